The van der Waals surface area contributed by atoms with E-state index < -0.39 is 5.60 Å². The molecule has 0 bridgehead atoms. The number of carbonyl (C=O) groups is 1. The molecule has 1 aliphatic carbocycles. The van der Waals surface area contributed by atoms with Crippen LogP contribution < -0.4 is 11.1 Å². The number of nitrogens with two attached hydrogens (primary N) is 1. The van der Waals surface area contributed by atoms with Crippen molar-refractivity contribution in [2.24, 2.45) is 11.7 Å². The minimum atomic E-state index is -0.417. The smallest absolute Gasteiger partial charge is 0.407 e. The van der Waals surface area contributed by atoms with Crippen LogP contribution in [0.5, 0.6) is 0 Å². The molecule has 0 aromatic carbocycles. The number of carbonyl (C=O) groups excluding carboxylic acids is 1. The second-order valence-corrected chi connectivity index (χ2v) is 4.88. The predicted octanol–water partition coefficient (Wildman–Crippen LogP) is 1.25. The minimum Gasteiger partial charge on any atom is -0.444 e. The highest BCUT2D eigenvalue weighted by Crippen LogP contribution is 2.30. The number of hydrogen-bond acceptors (Lipinski definition) is 3. The molecular formula is C10H20N2O2. The minimum absolute atomic E-state index is 0.341. The zero-order valence-electron chi connectivity index (χ0n) is 9.17. The molecule has 0 saturated heterocycles. The van der Waals surface area contributed by atoms with Gasteiger partial charge >= 0.3 is 6.09 Å². The lowest BCUT2D eigenvalue weighted by Crippen LogP contribution is -2.33. The van der Waals surface area contributed by atoms with Crippen molar-refractivity contribution < 1.29 is 9.53 Å². The van der Waals surface area contributed by atoms with Gasteiger partial charge in [-0.1, -0.05) is 0 Å². The van der Waals surface area contributed by atoms with E-state index in [9.17, 15) is 4.79 Å². The van der Waals surface area contributed by atoms with Crippen LogP contribution in [0.25, 0.3) is 0 Å². The van der Waals surface area contributed by atoms with Gasteiger partial charge in [-0.3, -0.25) is 0 Å². The topological polar surface area (TPSA) is 64.3 Å². The third-order valence-corrected chi connectivity index (χ3v) is 2.16. The first-order chi connectivity index (χ1) is 6.38. The first-order valence-corrected chi connectivity index (χ1v) is 5.11. The van der Waals surface area contributed by atoms with Gasteiger partial charge in [-0.25, -0.2) is 4.79 Å². The van der Waals surface area contributed by atoms with Crippen molar-refractivity contribution in [2.75, 3.05) is 6.54 Å². The lowest BCUT2D eigenvalue weighted by molar-refractivity contribution is 0.0526. The van der Waals surface area contributed by atoms with E-state index in [1.54, 1.807) is 0 Å². The second kappa shape index (κ2) is 4.17. The Labute approximate surface area is 85.2 Å². The molecule has 3 N–H and O–H groups in total. The Balaban J connectivity index is 2.03. The van der Waals surface area contributed by atoms with Gasteiger partial charge in [0.25, 0.3) is 0 Å². The molecule has 1 aliphatic rings. The van der Waals surface area contributed by atoms with E-state index >= 15 is 0 Å². The van der Waals surface area contributed by atoms with Gasteiger partial charge in [0.2, 0.25) is 0 Å². The molecule has 14 heavy (non-hydrogen) atoms. The molecule has 1 fully saturated rings. The molecule has 4 nitrogen and oxygen atoms in total. The third kappa shape index (κ3) is 4.46. The maximum atomic E-state index is 11.2. The van der Waals surface area contributed by atoms with Gasteiger partial charge in [0.05, 0.1) is 0 Å². The van der Waals surface area contributed by atoms with E-state index in [4.69, 9.17) is 10.5 Å². The third-order valence-electron chi connectivity index (χ3n) is 2.16. The van der Waals surface area contributed by atoms with Crippen molar-refractivity contribution in [1.82, 2.24) is 5.32 Å². The van der Waals surface area contributed by atoms with Crippen LogP contribution in [0, 0.1) is 5.92 Å². The van der Waals surface area contributed by atoms with E-state index in [-0.39, 0.29) is 6.09 Å². The summed E-state index contributed by atoms with van der Waals surface area (Å²) in [6.07, 6.45) is 1.71. The molecular weight excluding hydrogens is 180 g/mol. The molecule has 0 radical (unpaired) electrons. The standard InChI is InChI=1S/C10H20N2O2/c1-10(2,3)14-9(13)12-5-4-7-6-8(7)11/h7-8H,4-6,11H2,1-3H3,(H,12,13)/t7?,8-/m0/s1. The molecule has 0 heterocycles. The van der Waals surface area contributed by atoms with Crippen LogP contribution in [0.2, 0.25) is 0 Å². The molecule has 0 aromatic heterocycles. The first-order valence-electron chi connectivity index (χ1n) is 5.11. The molecule has 82 valence electrons. The van der Waals surface area contributed by atoms with Gasteiger partial charge in [-0.15, -0.1) is 0 Å². The van der Waals surface area contributed by atoms with Gasteiger partial charge in [0.15, 0.2) is 0 Å². The van der Waals surface area contributed by atoms with E-state index in [0.717, 1.165) is 12.8 Å². The normalized spacial score (nSPS) is 25.7. The Morgan fingerprint density at radius 3 is 2.57 bits per heavy atom. The molecule has 0 spiro atoms. The lowest BCUT2D eigenvalue weighted by atomic mass is 10.2. The Morgan fingerprint density at radius 1 is 1.57 bits per heavy atom. The van der Waals surface area contributed by atoms with Crippen molar-refractivity contribution >= 4 is 6.09 Å². The van der Waals surface area contributed by atoms with E-state index in [2.05, 4.69) is 5.32 Å². The Morgan fingerprint density at radius 2 is 2.14 bits per heavy atom. The zero-order valence-corrected chi connectivity index (χ0v) is 9.17. The van der Waals surface area contributed by atoms with Crippen molar-refractivity contribution in [3.63, 3.8) is 0 Å². The summed E-state index contributed by atoms with van der Waals surface area (Å²) in [5.41, 5.74) is 5.22. The van der Waals surface area contributed by atoms with Crippen LogP contribution in [0.4, 0.5) is 4.79 Å². The summed E-state index contributed by atoms with van der Waals surface area (Å²) in [5.74, 6) is 0.602. The largest absolute Gasteiger partial charge is 0.444 e. The van der Waals surface area contributed by atoms with E-state index in [0.29, 0.717) is 18.5 Å². The van der Waals surface area contributed by atoms with Crippen molar-refractivity contribution in [3.8, 4) is 0 Å². The summed E-state index contributed by atoms with van der Waals surface area (Å²) in [7, 11) is 0. The summed E-state index contributed by atoms with van der Waals surface area (Å²) >= 11 is 0. The maximum absolute atomic E-state index is 11.2. The fraction of sp³-hybridized carbons (Fsp3) is 0.900. The molecule has 4 heteroatoms. The van der Waals surface area contributed by atoms with Gasteiger partial charge in [-0.2, -0.15) is 0 Å². The number of ether oxygens (including phenoxy) is 1. The lowest BCUT2D eigenvalue weighted by Gasteiger charge is -2.19. The van der Waals surface area contributed by atoms with Crippen molar-refractivity contribution in [3.05, 3.63) is 0 Å². The van der Waals surface area contributed by atoms with Gasteiger partial charge < -0.3 is 15.8 Å². The fourth-order valence-corrected chi connectivity index (χ4v) is 1.28. The molecule has 2 atom stereocenters. The summed E-state index contributed by atoms with van der Waals surface area (Å²) in [4.78, 5) is 11.2. The van der Waals surface area contributed by atoms with Crippen molar-refractivity contribution in [1.29, 1.82) is 0 Å². The average Bonchev–Trinajstić information content (AvgIpc) is 2.62. The molecule has 1 amide bonds. The highest BCUT2D eigenvalue weighted by atomic mass is 16.6. The highest BCUT2D eigenvalue weighted by molar-refractivity contribution is 5.67. The Kier molecular flexibility index (Phi) is 3.37. The molecule has 0 aromatic rings. The molecule has 1 unspecified atom stereocenters. The van der Waals surface area contributed by atoms with Crippen LogP contribution in [-0.4, -0.2) is 24.3 Å². The summed E-state index contributed by atoms with van der Waals surface area (Å²) in [6, 6.07) is 0.357. The zero-order chi connectivity index (χ0) is 10.8. The second-order valence-electron chi connectivity index (χ2n) is 4.88. The highest BCUT2D eigenvalue weighted by Gasteiger charge is 2.32. The van der Waals surface area contributed by atoms with Crippen LogP contribution >= 0.6 is 0 Å². The van der Waals surface area contributed by atoms with Crippen LogP contribution in [0.3, 0.4) is 0 Å². The van der Waals surface area contributed by atoms with E-state index in [1.165, 1.54) is 0 Å². The van der Waals surface area contributed by atoms with Gasteiger partial charge in [-0.05, 0) is 39.5 Å². The fourth-order valence-electron chi connectivity index (χ4n) is 1.28. The first kappa shape index (κ1) is 11.3. The van der Waals surface area contributed by atoms with Crippen LogP contribution in [0.15, 0.2) is 0 Å². The number of rotatable bonds is 3. The number of hydrogen-bond donors (Lipinski definition) is 2. The van der Waals surface area contributed by atoms with E-state index in [1.807, 2.05) is 20.8 Å². The summed E-state index contributed by atoms with van der Waals surface area (Å²) in [5, 5.41) is 2.71. The molecule has 1 saturated carbocycles. The monoisotopic (exact) mass is 200 g/mol. The summed E-state index contributed by atoms with van der Waals surface area (Å²) < 4.78 is 5.09. The predicted molar refractivity (Wildman–Crippen MR) is 54.9 cm³/mol. The Hall–Kier alpha value is -0.770. The quantitative estimate of drug-likeness (QED) is 0.720. The van der Waals surface area contributed by atoms with Crippen molar-refractivity contribution in [2.45, 2.75) is 45.3 Å². The van der Waals surface area contributed by atoms with Gasteiger partial charge in [0.1, 0.15) is 5.60 Å². The molecule has 1 rings (SSSR count). The maximum Gasteiger partial charge on any atom is 0.407 e. The average molecular weight is 200 g/mol. The van der Waals surface area contributed by atoms with Gasteiger partial charge in [0, 0.05) is 12.6 Å². The Bertz CT molecular complexity index is 211. The van der Waals surface area contributed by atoms with Crippen LogP contribution in [0.1, 0.15) is 33.6 Å². The van der Waals surface area contributed by atoms with Crippen LogP contribution in [-0.2, 0) is 4.74 Å². The summed E-state index contributed by atoms with van der Waals surface area (Å²) in [6.45, 7) is 6.21. The number of nitrogens with one attached hydrogen (secondary N) is 1. The molecule has 0 aliphatic heterocycles. The number of alkyl carbamates (subject to hydrolysis) is 1. The number of amides is 1. The SMILES string of the molecule is CC(C)(C)OC(=O)NCCC1C[C@@H]1N.